The second kappa shape index (κ2) is 7.24. The van der Waals surface area contributed by atoms with Crippen molar-refractivity contribution in [1.82, 2.24) is 4.90 Å². The van der Waals surface area contributed by atoms with Crippen LogP contribution in [0.3, 0.4) is 0 Å². The van der Waals surface area contributed by atoms with E-state index in [1.54, 1.807) is 7.11 Å². The van der Waals surface area contributed by atoms with E-state index in [1.807, 2.05) is 18.2 Å². The van der Waals surface area contributed by atoms with Crippen molar-refractivity contribution in [2.24, 2.45) is 11.8 Å². The highest BCUT2D eigenvalue weighted by molar-refractivity contribution is 6.07. The smallest absolute Gasteiger partial charge is 0.337 e. The van der Waals surface area contributed by atoms with Crippen molar-refractivity contribution in [3.63, 3.8) is 0 Å². The zero-order valence-corrected chi connectivity index (χ0v) is 16.7. The third kappa shape index (κ3) is 2.65. The fraction of sp³-hybridized carbons (Fsp3) is 0.545. The average Bonchev–Trinajstić information content (AvgIpc) is 3.23. The van der Waals surface area contributed by atoms with Crippen LogP contribution in [0.5, 0.6) is 0 Å². The number of esters is 1. The Hall–Kier alpha value is -2.34. The molecular formula is C22H28N2O4. The molecule has 0 saturated carbocycles. The lowest BCUT2D eigenvalue weighted by atomic mass is 9.67. The highest BCUT2D eigenvalue weighted by Gasteiger charge is 2.60. The van der Waals surface area contributed by atoms with E-state index < -0.39 is 5.41 Å². The summed E-state index contributed by atoms with van der Waals surface area (Å²) in [6, 6.07) is 8.07. The number of nitrogens with zero attached hydrogens (tertiary/aromatic N) is 1. The number of hydrogen-bond donors (Lipinski definition) is 1. The van der Waals surface area contributed by atoms with Gasteiger partial charge in [-0.05, 0) is 42.9 Å². The first kappa shape index (κ1) is 19.0. The molecule has 6 heteroatoms. The summed E-state index contributed by atoms with van der Waals surface area (Å²) >= 11 is 0. The van der Waals surface area contributed by atoms with Gasteiger partial charge in [0.2, 0.25) is 5.91 Å². The minimum atomic E-state index is -0.540. The highest BCUT2D eigenvalue weighted by Crippen LogP contribution is 2.53. The maximum atomic E-state index is 13.2. The van der Waals surface area contributed by atoms with Gasteiger partial charge in [0.15, 0.2) is 0 Å². The van der Waals surface area contributed by atoms with Crippen LogP contribution in [0, 0.1) is 11.8 Å². The molecule has 150 valence electrons. The molecule has 1 spiro atoms. The van der Waals surface area contributed by atoms with Crippen LogP contribution in [0.4, 0.5) is 5.69 Å². The molecule has 2 fully saturated rings. The van der Waals surface area contributed by atoms with Gasteiger partial charge in [0.1, 0.15) is 0 Å². The Morgan fingerprint density at radius 3 is 2.86 bits per heavy atom. The van der Waals surface area contributed by atoms with Gasteiger partial charge in [0, 0.05) is 18.3 Å². The van der Waals surface area contributed by atoms with Crippen LogP contribution in [0.2, 0.25) is 0 Å². The first-order valence-electron chi connectivity index (χ1n) is 10.0. The molecule has 4 rings (SSSR count). The lowest BCUT2D eigenvalue weighted by molar-refractivity contribution is -0.137. The van der Waals surface area contributed by atoms with Gasteiger partial charge in [0.05, 0.1) is 31.5 Å². The number of carbonyl (C=O) groups is 2. The molecular weight excluding hydrogens is 356 g/mol. The lowest BCUT2D eigenvalue weighted by Crippen LogP contribution is -2.53. The van der Waals surface area contributed by atoms with Gasteiger partial charge < -0.3 is 14.8 Å². The number of rotatable bonds is 4. The minimum absolute atomic E-state index is 0.00851. The number of benzene rings is 1. The molecule has 3 aliphatic rings. The number of ether oxygens (including phenoxy) is 2. The summed E-state index contributed by atoms with van der Waals surface area (Å²) in [6.07, 6.45) is 4.04. The summed E-state index contributed by atoms with van der Waals surface area (Å²) in [5.74, 6) is 0.0769. The predicted octanol–water partition coefficient (Wildman–Crippen LogP) is 2.70. The fourth-order valence-electron chi connectivity index (χ4n) is 5.63. The number of piperidine rings is 1. The first-order chi connectivity index (χ1) is 13.6. The quantitative estimate of drug-likeness (QED) is 0.491. The van der Waals surface area contributed by atoms with Gasteiger partial charge in [-0.25, -0.2) is 4.79 Å². The Morgan fingerprint density at radius 1 is 1.36 bits per heavy atom. The van der Waals surface area contributed by atoms with Gasteiger partial charge in [-0.1, -0.05) is 31.5 Å². The molecule has 4 atom stereocenters. The number of hydrogen-bond acceptors (Lipinski definition) is 5. The van der Waals surface area contributed by atoms with Gasteiger partial charge in [-0.3, -0.25) is 9.69 Å². The summed E-state index contributed by atoms with van der Waals surface area (Å²) in [7, 11) is 2.95. The van der Waals surface area contributed by atoms with Crippen LogP contribution in [-0.2, 0) is 24.5 Å². The molecule has 28 heavy (non-hydrogen) atoms. The van der Waals surface area contributed by atoms with Crippen molar-refractivity contribution in [1.29, 1.82) is 0 Å². The molecule has 0 aromatic heterocycles. The third-order valence-electron chi connectivity index (χ3n) is 6.97. The molecule has 6 nitrogen and oxygen atoms in total. The molecule has 0 radical (unpaired) electrons. The van der Waals surface area contributed by atoms with E-state index in [-0.39, 0.29) is 23.8 Å². The maximum Gasteiger partial charge on any atom is 0.337 e. The molecule has 2 saturated heterocycles. The van der Waals surface area contributed by atoms with Gasteiger partial charge in [-0.2, -0.15) is 0 Å². The van der Waals surface area contributed by atoms with Crippen molar-refractivity contribution in [3.05, 3.63) is 41.7 Å². The van der Waals surface area contributed by atoms with E-state index in [4.69, 9.17) is 9.47 Å². The number of fused-ring (bicyclic) bond motifs is 4. The molecule has 3 heterocycles. The van der Waals surface area contributed by atoms with Crippen LogP contribution in [0.15, 0.2) is 36.1 Å². The second-order valence-corrected chi connectivity index (χ2v) is 8.04. The topological polar surface area (TPSA) is 67.9 Å². The summed E-state index contributed by atoms with van der Waals surface area (Å²) < 4.78 is 10.3. The normalized spacial score (nSPS) is 32.0. The SMILES string of the molecule is CC[C@H]1CN2CC[C@]3(C(=O)Nc4ccccc43)[C@@H]2C[C@@H]1C(=COC)C(=O)OC. The highest BCUT2D eigenvalue weighted by atomic mass is 16.5. The predicted molar refractivity (Wildman–Crippen MR) is 106 cm³/mol. The summed E-state index contributed by atoms with van der Waals surface area (Å²) in [5.41, 5.74) is 2.05. The summed E-state index contributed by atoms with van der Waals surface area (Å²) in [4.78, 5) is 28.1. The lowest BCUT2D eigenvalue weighted by Gasteiger charge is -2.45. The molecule has 1 aromatic rings. The molecule has 3 aliphatic heterocycles. The van der Waals surface area contributed by atoms with E-state index >= 15 is 0 Å². The largest absolute Gasteiger partial charge is 0.504 e. The Morgan fingerprint density at radius 2 is 2.14 bits per heavy atom. The molecule has 1 N–H and O–H groups in total. The standard InChI is InChI=1S/C22H28N2O4/c1-4-14-12-24-10-9-22(17-7-5-6-8-18(17)23-21(22)26)19(24)11-15(14)16(13-27-2)20(25)28-3/h5-8,13-15,19H,4,9-12H2,1-3H3,(H,23,26)/t14-,15-,19-,22+/m0/s1. The zero-order chi connectivity index (χ0) is 19.9. The Kier molecular flexibility index (Phi) is 4.91. The minimum Gasteiger partial charge on any atom is -0.504 e. The third-order valence-corrected chi connectivity index (χ3v) is 6.97. The van der Waals surface area contributed by atoms with Crippen LogP contribution in [0.1, 0.15) is 31.7 Å². The molecule has 0 bridgehead atoms. The van der Waals surface area contributed by atoms with Gasteiger partial charge in [-0.15, -0.1) is 0 Å². The van der Waals surface area contributed by atoms with Crippen molar-refractivity contribution >= 4 is 17.6 Å². The van der Waals surface area contributed by atoms with Crippen molar-refractivity contribution in [2.45, 2.75) is 37.6 Å². The molecule has 0 unspecified atom stereocenters. The maximum absolute atomic E-state index is 13.2. The van der Waals surface area contributed by atoms with E-state index in [2.05, 4.69) is 23.2 Å². The van der Waals surface area contributed by atoms with Crippen LogP contribution in [0.25, 0.3) is 0 Å². The fourth-order valence-corrected chi connectivity index (χ4v) is 5.63. The Bertz CT molecular complexity index is 821. The number of anilines is 1. The van der Waals surface area contributed by atoms with E-state index in [0.29, 0.717) is 11.5 Å². The summed E-state index contributed by atoms with van der Waals surface area (Å²) in [5, 5.41) is 3.10. The van der Waals surface area contributed by atoms with Crippen LogP contribution in [-0.4, -0.2) is 50.1 Å². The van der Waals surface area contributed by atoms with Crippen molar-refractivity contribution in [2.75, 3.05) is 32.6 Å². The van der Waals surface area contributed by atoms with Crippen molar-refractivity contribution < 1.29 is 19.1 Å². The van der Waals surface area contributed by atoms with E-state index in [0.717, 1.165) is 43.6 Å². The average molecular weight is 384 g/mol. The zero-order valence-electron chi connectivity index (χ0n) is 16.7. The van der Waals surface area contributed by atoms with Gasteiger partial charge in [0.25, 0.3) is 0 Å². The number of carbonyl (C=O) groups excluding carboxylic acids is 2. The van der Waals surface area contributed by atoms with Crippen LogP contribution >= 0.6 is 0 Å². The van der Waals surface area contributed by atoms with E-state index in [1.165, 1.54) is 13.4 Å². The Labute approximate surface area is 165 Å². The monoisotopic (exact) mass is 384 g/mol. The summed E-state index contributed by atoms with van der Waals surface area (Å²) in [6.45, 7) is 3.93. The molecule has 1 aromatic carbocycles. The number of nitrogens with one attached hydrogen (secondary N) is 1. The number of methoxy groups -OCH3 is 2. The van der Waals surface area contributed by atoms with Crippen molar-refractivity contribution in [3.8, 4) is 0 Å². The molecule has 1 amide bonds. The number of para-hydroxylation sites is 1. The molecule has 0 aliphatic carbocycles. The van der Waals surface area contributed by atoms with Gasteiger partial charge >= 0.3 is 5.97 Å². The number of amides is 1. The Balaban J connectivity index is 1.74. The van der Waals surface area contributed by atoms with E-state index in [9.17, 15) is 9.59 Å². The van der Waals surface area contributed by atoms with Crippen LogP contribution < -0.4 is 5.32 Å². The first-order valence-corrected chi connectivity index (χ1v) is 10.0. The second-order valence-electron chi connectivity index (χ2n) is 8.04.